The van der Waals surface area contributed by atoms with E-state index in [1.54, 1.807) is 0 Å². The number of pyridine rings is 1. The second kappa shape index (κ2) is 5.36. The molecule has 0 unspecified atom stereocenters. The minimum Gasteiger partial charge on any atom is -0.395 e. The van der Waals surface area contributed by atoms with Crippen LogP contribution >= 0.6 is 0 Å². The molecule has 4 nitrogen and oxygen atoms in total. The lowest BCUT2D eigenvalue weighted by Crippen LogP contribution is -2.35. The van der Waals surface area contributed by atoms with Crippen LogP contribution in [0.25, 0.3) is 10.9 Å². The van der Waals surface area contributed by atoms with Gasteiger partial charge >= 0.3 is 0 Å². The fourth-order valence-electron chi connectivity index (χ4n) is 3.06. The number of amides is 1. The zero-order valence-electron chi connectivity index (χ0n) is 12.5. The average molecular weight is 296 g/mol. The molecule has 0 saturated heterocycles. The van der Waals surface area contributed by atoms with Crippen LogP contribution in [0.4, 0.5) is 0 Å². The Morgan fingerprint density at radius 2 is 2.00 bits per heavy atom. The summed E-state index contributed by atoms with van der Waals surface area (Å²) in [4.78, 5) is 19.6. The normalized spacial score (nSPS) is 17.7. The van der Waals surface area contributed by atoms with E-state index >= 15 is 0 Å². The van der Waals surface area contributed by atoms with Gasteiger partial charge in [0.15, 0.2) is 0 Å². The zero-order valence-corrected chi connectivity index (χ0v) is 12.5. The molecule has 2 aromatic rings. The number of nitrogens with zero attached hydrogens (tertiary/aromatic N) is 2. The number of carbonyl (C=O) groups excluding carboxylic acids is 1. The first-order chi connectivity index (χ1) is 10.8. The molecule has 0 atom stereocenters. The van der Waals surface area contributed by atoms with E-state index in [-0.39, 0.29) is 12.5 Å². The summed E-state index contributed by atoms with van der Waals surface area (Å²) in [6.07, 6.45) is 4.43. The van der Waals surface area contributed by atoms with Crippen molar-refractivity contribution in [1.82, 2.24) is 9.88 Å². The van der Waals surface area contributed by atoms with Crippen molar-refractivity contribution in [1.29, 1.82) is 0 Å². The predicted molar refractivity (Wildman–Crippen MR) is 84.9 cm³/mol. The summed E-state index contributed by atoms with van der Waals surface area (Å²) in [6.45, 7) is 0.430. The van der Waals surface area contributed by atoms with Gasteiger partial charge in [-0.15, -0.1) is 0 Å². The molecule has 1 amide bonds. The smallest absolute Gasteiger partial charge is 0.254 e. The topological polar surface area (TPSA) is 53.4 Å². The number of aliphatic hydroxyl groups is 1. The Morgan fingerprint density at radius 3 is 2.68 bits per heavy atom. The second-order valence-corrected chi connectivity index (χ2v) is 6.34. The Bertz CT molecular complexity index is 720. The molecular weight excluding hydrogens is 276 g/mol. The van der Waals surface area contributed by atoms with Crippen LogP contribution in [0.5, 0.6) is 0 Å². The lowest BCUT2D eigenvalue weighted by atomic mass is 10.0. The summed E-state index contributed by atoms with van der Waals surface area (Å²) in [5, 5.41) is 10.2. The Labute approximate surface area is 129 Å². The molecule has 1 aromatic carbocycles. The van der Waals surface area contributed by atoms with Crippen molar-refractivity contribution in [2.45, 2.75) is 37.6 Å². The van der Waals surface area contributed by atoms with Crippen molar-refractivity contribution >= 4 is 16.8 Å². The van der Waals surface area contributed by atoms with Crippen LogP contribution in [0.2, 0.25) is 0 Å². The number of benzene rings is 1. The Morgan fingerprint density at radius 1 is 1.23 bits per heavy atom. The highest BCUT2D eigenvalue weighted by molar-refractivity contribution is 6.06. The Balaban J connectivity index is 1.79. The molecule has 0 spiro atoms. The van der Waals surface area contributed by atoms with Crippen molar-refractivity contribution in [3.63, 3.8) is 0 Å². The van der Waals surface area contributed by atoms with Crippen molar-refractivity contribution in [2.75, 3.05) is 13.2 Å². The van der Waals surface area contributed by atoms with Gasteiger partial charge in [-0.2, -0.15) is 0 Å². The highest BCUT2D eigenvalue weighted by atomic mass is 16.3. The van der Waals surface area contributed by atoms with Gasteiger partial charge in [-0.05, 0) is 37.8 Å². The molecule has 1 heterocycles. The van der Waals surface area contributed by atoms with Crippen molar-refractivity contribution in [3.05, 3.63) is 41.6 Å². The van der Waals surface area contributed by atoms with E-state index in [1.807, 2.05) is 35.2 Å². The number of hydrogen-bond acceptors (Lipinski definition) is 3. The third kappa shape index (κ3) is 2.48. The first-order valence-electron chi connectivity index (χ1n) is 8.09. The molecule has 22 heavy (non-hydrogen) atoms. The molecule has 0 aliphatic heterocycles. The highest BCUT2D eigenvalue weighted by Crippen LogP contribution is 2.40. The van der Waals surface area contributed by atoms with Crippen molar-refractivity contribution in [2.24, 2.45) is 0 Å². The van der Waals surface area contributed by atoms with Gasteiger partial charge in [0.05, 0.1) is 17.7 Å². The minimum absolute atomic E-state index is 0.0146. The molecule has 2 aliphatic rings. The van der Waals surface area contributed by atoms with Crippen molar-refractivity contribution in [3.8, 4) is 0 Å². The molecule has 0 radical (unpaired) electrons. The third-order valence-electron chi connectivity index (χ3n) is 4.55. The van der Waals surface area contributed by atoms with E-state index in [0.717, 1.165) is 35.0 Å². The van der Waals surface area contributed by atoms with Crippen LogP contribution < -0.4 is 0 Å². The molecule has 2 fully saturated rings. The largest absolute Gasteiger partial charge is 0.395 e. The van der Waals surface area contributed by atoms with Crippen LogP contribution in [0.1, 0.15) is 47.7 Å². The van der Waals surface area contributed by atoms with E-state index in [4.69, 9.17) is 4.98 Å². The van der Waals surface area contributed by atoms with Gasteiger partial charge in [-0.25, -0.2) is 0 Å². The first-order valence-corrected chi connectivity index (χ1v) is 8.09. The Hall–Kier alpha value is -1.94. The first kappa shape index (κ1) is 13.7. The predicted octanol–water partition coefficient (Wildman–Crippen LogP) is 2.71. The number of aromatic nitrogens is 1. The molecular formula is C18H20N2O2. The van der Waals surface area contributed by atoms with Crippen LogP contribution in [0, 0.1) is 0 Å². The fraction of sp³-hybridized carbons (Fsp3) is 0.444. The van der Waals surface area contributed by atoms with E-state index in [1.165, 1.54) is 12.8 Å². The SMILES string of the molecule is O=C(c1cc(C2CC2)nc2ccccc12)N(CCO)C1CC1. The van der Waals surface area contributed by atoms with Crippen LogP contribution in [0.3, 0.4) is 0 Å². The monoisotopic (exact) mass is 296 g/mol. The second-order valence-electron chi connectivity index (χ2n) is 6.34. The van der Waals surface area contributed by atoms with Crippen LogP contribution in [-0.4, -0.2) is 40.1 Å². The molecule has 114 valence electrons. The van der Waals surface area contributed by atoms with E-state index < -0.39 is 0 Å². The van der Waals surface area contributed by atoms with E-state index in [2.05, 4.69) is 0 Å². The summed E-state index contributed by atoms with van der Waals surface area (Å²) >= 11 is 0. The average Bonchev–Trinajstić information content (AvgIpc) is 3.42. The van der Waals surface area contributed by atoms with Gasteiger partial charge in [0.2, 0.25) is 0 Å². The lowest BCUT2D eigenvalue weighted by molar-refractivity contribution is 0.0709. The number of rotatable bonds is 5. The number of aliphatic hydroxyl groups excluding tert-OH is 1. The molecule has 4 heteroatoms. The van der Waals surface area contributed by atoms with Crippen molar-refractivity contribution < 1.29 is 9.90 Å². The molecule has 1 aromatic heterocycles. The van der Waals surface area contributed by atoms with Gasteiger partial charge in [0.25, 0.3) is 5.91 Å². The summed E-state index contributed by atoms with van der Waals surface area (Å²) in [5.74, 6) is 0.556. The van der Waals surface area contributed by atoms with Gasteiger partial charge in [0.1, 0.15) is 0 Å². The summed E-state index contributed by atoms with van der Waals surface area (Å²) in [5.41, 5.74) is 2.68. The van der Waals surface area contributed by atoms with Gasteiger partial charge in [-0.3, -0.25) is 9.78 Å². The van der Waals surface area contributed by atoms with E-state index in [9.17, 15) is 9.90 Å². The standard InChI is InChI=1S/C18H20N2O2/c21-10-9-20(13-7-8-13)18(22)15-11-17(12-5-6-12)19-16-4-2-1-3-14(15)16/h1-4,11-13,21H,5-10H2. The van der Waals surface area contributed by atoms with Gasteiger partial charge < -0.3 is 10.0 Å². The number of carbonyl (C=O) groups is 1. The molecule has 1 N–H and O–H groups in total. The quantitative estimate of drug-likeness (QED) is 0.923. The maximum atomic E-state index is 13.0. The maximum absolute atomic E-state index is 13.0. The molecule has 2 saturated carbocycles. The fourth-order valence-corrected chi connectivity index (χ4v) is 3.06. The summed E-state index contributed by atoms with van der Waals surface area (Å²) in [6, 6.07) is 10.1. The molecule has 2 aliphatic carbocycles. The highest BCUT2D eigenvalue weighted by Gasteiger charge is 2.34. The number of fused-ring (bicyclic) bond motifs is 1. The van der Waals surface area contributed by atoms with Gasteiger partial charge in [0, 0.05) is 29.6 Å². The lowest BCUT2D eigenvalue weighted by Gasteiger charge is -2.22. The summed E-state index contributed by atoms with van der Waals surface area (Å²) in [7, 11) is 0. The number of hydrogen-bond donors (Lipinski definition) is 1. The maximum Gasteiger partial charge on any atom is 0.254 e. The van der Waals surface area contributed by atoms with Crippen LogP contribution in [0.15, 0.2) is 30.3 Å². The number of para-hydroxylation sites is 1. The zero-order chi connectivity index (χ0) is 15.1. The van der Waals surface area contributed by atoms with Gasteiger partial charge in [-0.1, -0.05) is 18.2 Å². The third-order valence-corrected chi connectivity index (χ3v) is 4.55. The van der Waals surface area contributed by atoms with E-state index in [0.29, 0.717) is 18.5 Å². The minimum atomic E-state index is 0.0146. The molecule has 4 rings (SSSR count). The molecule has 0 bridgehead atoms. The summed E-state index contributed by atoms with van der Waals surface area (Å²) < 4.78 is 0. The Kier molecular flexibility index (Phi) is 3.34. The van der Waals surface area contributed by atoms with Crippen LogP contribution in [-0.2, 0) is 0 Å².